The molecule has 0 aliphatic heterocycles. The van der Waals surface area contributed by atoms with E-state index in [-0.39, 0.29) is 24.5 Å². The quantitative estimate of drug-likeness (QED) is 0.647. The van der Waals surface area contributed by atoms with Gasteiger partial charge in [0.05, 0.1) is 0 Å². The first-order valence-corrected chi connectivity index (χ1v) is 10.4. The van der Waals surface area contributed by atoms with Crippen LogP contribution in [-0.4, -0.2) is 24.5 Å². The number of thiophene rings is 1. The number of ether oxygens (including phenoxy) is 1. The van der Waals surface area contributed by atoms with E-state index in [1.54, 1.807) is 0 Å². The van der Waals surface area contributed by atoms with Crippen LogP contribution in [0, 0.1) is 11.8 Å². The van der Waals surface area contributed by atoms with Gasteiger partial charge in [-0.1, -0.05) is 33.1 Å². The molecule has 1 amide bonds. The summed E-state index contributed by atoms with van der Waals surface area (Å²) in [4.78, 5) is 26.4. The Kier molecular flexibility index (Phi) is 6.15. The molecule has 5 heteroatoms. The Morgan fingerprint density at radius 1 is 1.16 bits per heavy atom. The molecule has 0 saturated heterocycles. The number of carbonyl (C=O) groups excluding carboxylic acids is 2. The van der Waals surface area contributed by atoms with Gasteiger partial charge in [0.15, 0.2) is 6.61 Å². The highest BCUT2D eigenvalue weighted by molar-refractivity contribution is 7.14. The molecular formula is C20H29NO3S. The molecule has 1 N–H and O–H groups in total. The third-order valence-corrected chi connectivity index (χ3v) is 7.05. The van der Waals surface area contributed by atoms with Crippen LogP contribution in [0.5, 0.6) is 0 Å². The normalized spacial score (nSPS) is 26.4. The van der Waals surface area contributed by atoms with Crippen LogP contribution in [0.1, 0.15) is 72.5 Å². The molecule has 0 unspecified atom stereocenters. The highest BCUT2D eigenvalue weighted by atomic mass is 32.1. The van der Waals surface area contributed by atoms with Gasteiger partial charge in [-0.05, 0) is 55.6 Å². The summed E-state index contributed by atoms with van der Waals surface area (Å²) in [6.45, 7) is 4.25. The predicted molar refractivity (Wildman–Crippen MR) is 100.0 cm³/mol. The minimum absolute atomic E-state index is 0.182. The lowest BCUT2D eigenvalue weighted by Crippen LogP contribution is -2.45. The average Bonchev–Trinajstić information content (AvgIpc) is 2.88. The lowest BCUT2D eigenvalue weighted by molar-refractivity contribution is -0.125. The van der Waals surface area contributed by atoms with Crippen LogP contribution in [0.25, 0.3) is 0 Å². The number of fused-ring (bicyclic) bond motifs is 1. The predicted octanol–water partition coefficient (Wildman–Crippen LogP) is 4.11. The first kappa shape index (κ1) is 18.4. The van der Waals surface area contributed by atoms with Crippen molar-refractivity contribution < 1.29 is 14.3 Å². The monoisotopic (exact) mass is 363 g/mol. The summed E-state index contributed by atoms with van der Waals surface area (Å²) in [5, 5.41) is 3.05. The van der Waals surface area contributed by atoms with Crippen LogP contribution in [0.15, 0.2) is 6.07 Å². The van der Waals surface area contributed by atoms with E-state index < -0.39 is 0 Å². The lowest BCUT2D eigenvalue weighted by atomic mass is 9.78. The highest BCUT2D eigenvalue weighted by Gasteiger charge is 2.28. The number of hydrogen-bond acceptors (Lipinski definition) is 4. The molecule has 0 radical (unpaired) electrons. The van der Waals surface area contributed by atoms with Gasteiger partial charge in [-0.15, -0.1) is 11.3 Å². The summed E-state index contributed by atoms with van der Waals surface area (Å²) >= 11 is 1.54. The van der Waals surface area contributed by atoms with Crippen molar-refractivity contribution in [1.29, 1.82) is 0 Å². The molecule has 0 bridgehead atoms. The van der Waals surface area contributed by atoms with E-state index in [0.717, 1.165) is 25.7 Å². The molecular weight excluding hydrogens is 334 g/mol. The lowest BCUT2D eigenvalue weighted by Gasteiger charge is -2.34. The van der Waals surface area contributed by atoms with Gasteiger partial charge in [0.2, 0.25) is 0 Å². The third-order valence-electron chi connectivity index (χ3n) is 5.84. The van der Waals surface area contributed by atoms with Gasteiger partial charge >= 0.3 is 5.97 Å². The molecule has 4 nitrogen and oxygen atoms in total. The fourth-order valence-corrected chi connectivity index (χ4v) is 5.15. The molecule has 0 spiro atoms. The van der Waals surface area contributed by atoms with E-state index in [1.807, 2.05) is 6.07 Å². The minimum Gasteiger partial charge on any atom is -0.451 e. The first-order valence-electron chi connectivity index (χ1n) is 9.62. The van der Waals surface area contributed by atoms with Gasteiger partial charge in [0, 0.05) is 10.9 Å². The molecule has 1 aromatic rings. The van der Waals surface area contributed by atoms with Crippen LogP contribution in [-0.2, 0) is 22.4 Å². The topological polar surface area (TPSA) is 55.4 Å². The molecule has 3 atom stereocenters. The second-order valence-electron chi connectivity index (χ2n) is 7.64. The van der Waals surface area contributed by atoms with E-state index in [0.29, 0.717) is 16.7 Å². The van der Waals surface area contributed by atoms with Crippen molar-refractivity contribution in [2.75, 3.05) is 6.61 Å². The van der Waals surface area contributed by atoms with Crippen molar-refractivity contribution >= 4 is 23.2 Å². The molecule has 1 fully saturated rings. The number of carbonyl (C=O) groups is 2. The summed E-state index contributed by atoms with van der Waals surface area (Å²) in [7, 11) is 0. The van der Waals surface area contributed by atoms with Gasteiger partial charge in [-0.2, -0.15) is 0 Å². The van der Waals surface area contributed by atoms with Gasteiger partial charge in [0.25, 0.3) is 5.91 Å². The molecule has 1 saturated carbocycles. The van der Waals surface area contributed by atoms with Crippen LogP contribution in [0.3, 0.4) is 0 Å². The summed E-state index contributed by atoms with van der Waals surface area (Å²) in [5.74, 6) is 0.556. The van der Waals surface area contributed by atoms with Gasteiger partial charge in [-0.3, -0.25) is 4.79 Å². The third kappa shape index (κ3) is 4.63. The fraction of sp³-hybridized carbons (Fsp3) is 0.700. The molecule has 3 rings (SSSR count). The molecule has 2 aliphatic rings. The van der Waals surface area contributed by atoms with Crippen LogP contribution in [0.4, 0.5) is 0 Å². The average molecular weight is 364 g/mol. The molecule has 138 valence electrons. The first-order chi connectivity index (χ1) is 12.0. The fourth-order valence-electron chi connectivity index (χ4n) is 4.00. The van der Waals surface area contributed by atoms with E-state index in [4.69, 9.17) is 4.74 Å². The highest BCUT2D eigenvalue weighted by Crippen LogP contribution is 2.30. The standard InChI is InChI=1S/C20H29NO3S/c1-13-7-6-9-16(14(13)2)21-19(22)12-24-20(23)18-11-15-8-4-3-5-10-17(15)25-18/h11,13-14,16H,3-10,12H2,1-2H3,(H,21,22)/t13-,14+,16-/m1/s1. The Balaban J connectivity index is 1.49. The molecule has 1 heterocycles. The van der Waals surface area contributed by atoms with Gasteiger partial charge in [-0.25, -0.2) is 4.79 Å². The Labute approximate surface area is 154 Å². The number of amides is 1. The maximum Gasteiger partial charge on any atom is 0.348 e. The molecule has 1 aromatic heterocycles. The number of nitrogens with one attached hydrogen (secondary N) is 1. The number of esters is 1. The zero-order valence-electron chi connectivity index (χ0n) is 15.3. The van der Waals surface area contributed by atoms with E-state index >= 15 is 0 Å². The summed E-state index contributed by atoms with van der Waals surface area (Å²) in [6.07, 6.45) is 9.16. The zero-order chi connectivity index (χ0) is 17.8. The summed E-state index contributed by atoms with van der Waals surface area (Å²) < 4.78 is 5.26. The van der Waals surface area contributed by atoms with Crippen molar-refractivity contribution in [2.24, 2.45) is 11.8 Å². The van der Waals surface area contributed by atoms with Crippen molar-refractivity contribution in [1.82, 2.24) is 5.32 Å². The van der Waals surface area contributed by atoms with Crippen LogP contribution < -0.4 is 5.32 Å². The van der Waals surface area contributed by atoms with Crippen molar-refractivity contribution in [3.8, 4) is 0 Å². The largest absolute Gasteiger partial charge is 0.451 e. The van der Waals surface area contributed by atoms with E-state index in [9.17, 15) is 9.59 Å². The Bertz CT molecular complexity index is 601. The van der Waals surface area contributed by atoms with Crippen LogP contribution >= 0.6 is 11.3 Å². The van der Waals surface area contributed by atoms with Crippen molar-refractivity contribution in [3.05, 3.63) is 21.4 Å². The van der Waals surface area contributed by atoms with Crippen LogP contribution in [0.2, 0.25) is 0 Å². The SMILES string of the molecule is C[C@H]1[C@H](C)CCC[C@H]1NC(=O)COC(=O)c1cc2c(s1)CCCCC2. The second-order valence-corrected chi connectivity index (χ2v) is 8.77. The van der Waals surface area contributed by atoms with Crippen molar-refractivity contribution in [2.45, 2.75) is 71.3 Å². The number of rotatable bonds is 4. The Morgan fingerprint density at radius 2 is 1.96 bits per heavy atom. The van der Waals surface area contributed by atoms with Gasteiger partial charge in [0.1, 0.15) is 4.88 Å². The zero-order valence-corrected chi connectivity index (χ0v) is 16.1. The molecule has 2 aliphatic carbocycles. The number of hydrogen-bond donors (Lipinski definition) is 1. The summed E-state index contributed by atoms with van der Waals surface area (Å²) in [6, 6.07) is 2.17. The molecule has 25 heavy (non-hydrogen) atoms. The molecule has 0 aromatic carbocycles. The maximum absolute atomic E-state index is 12.3. The van der Waals surface area contributed by atoms with Gasteiger partial charge < -0.3 is 10.1 Å². The Hall–Kier alpha value is -1.36. The number of aryl methyl sites for hydroxylation is 2. The minimum atomic E-state index is -0.363. The van der Waals surface area contributed by atoms with E-state index in [1.165, 1.54) is 47.5 Å². The van der Waals surface area contributed by atoms with Crippen molar-refractivity contribution in [3.63, 3.8) is 0 Å². The smallest absolute Gasteiger partial charge is 0.348 e. The Morgan fingerprint density at radius 3 is 2.80 bits per heavy atom. The summed E-state index contributed by atoms with van der Waals surface area (Å²) in [5.41, 5.74) is 1.30. The van der Waals surface area contributed by atoms with E-state index in [2.05, 4.69) is 19.2 Å². The maximum atomic E-state index is 12.3. The second kappa shape index (κ2) is 8.35.